The molecule has 0 aliphatic carbocycles. The van der Waals surface area contributed by atoms with E-state index in [4.69, 9.17) is 9.84 Å². The first kappa shape index (κ1) is 18.6. The van der Waals surface area contributed by atoms with Crippen molar-refractivity contribution >= 4 is 10.0 Å². The molecule has 5 nitrogen and oxygen atoms in total. The highest BCUT2D eigenvalue weighted by atomic mass is 32.2. The molecule has 0 aliphatic rings. The fraction of sp³-hybridized carbons (Fsp3) is 0.333. The van der Waals surface area contributed by atoms with Crippen LogP contribution in [0.5, 0.6) is 0 Å². The molecular weight excluding hydrogens is 326 g/mol. The van der Waals surface area contributed by atoms with Crippen molar-refractivity contribution in [2.45, 2.75) is 24.8 Å². The van der Waals surface area contributed by atoms with Gasteiger partial charge in [0.1, 0.15) is 0 Å². The Morgan fingerprint density at radius 2 is 1.54 bits per heavy atom. The van der Waals surface area contributed by atoms with Crippen molar-refractivity contribution in [2.24, 2.45) is 0 Å². The first-order chi connectivity index (χ1) is 11.4. The highest BCUT2D eigenvalue weighted by molar-refractivity contribution is 7.89. The molecule has 0 heterocycles. The third-order valence-corrected chi connectivity index (χ3v) is 5.09. The van der Waals surface area contributed by atoms with Crippen LogP contribution in [-0.2, 0) is 14.8 Å². The number of nitrogens with one attached hydrogen (secondary N) is 1. The molecule has 6 heteroatoms. The molecule has 2 N–H and O–H groups in total. The van der Waals surface area contributed by atoms with Gasteiger partial charge in [-0.05, 0) is 31.5 Å². The Morgan fingerprint density at radius 3 is 2.08 bits per heavy atom. The number of hydrogen-bond donors (Lipinski definition) is 2. The Labute approximate surface area is 143 Å². The Bertz CT molecular complexity index is 740. The molecule has 24 heavy (non-hydrogen) atoms. The van der Waals surface area contributed by atoms with Crippen LogP contribution in [0.3, 0.4) is 0 Å². The van der Waals surface area contributed by atoms with E-state index >= 15 is 0 Å². The van der Waals surface area contributed by atoms with Gasteiger partial charge in [-0.15, -0.1) is 0 Å². The van der Waals surface area contributed by atoms with Crippen molar-refractivity contribution in [2.75, 3.05) is 19.8 Å². The summed E-state index contributed by atoms with van der Waals surface area (Å²) in [5, 5.41) is 8.97. The van der Waals surface area contributed by atoms with Gasteiger partial charge in [0.15, 0.2) is 0 Å². The maximum atomic E-state index is 12.4. The van der Waals surface area contributed by atoms with Crippen LogP contribution in [0.15, 0.2) is 53.4 Å². The summed E-state index contributed by atoms with van der Waals surface area (Å²) >= 11 is 0. The van der Waals surface area contributed by atoms with Gasteiger partial charge in [-0.1, -0.05) is 47.5 Å². The summed E-state index contributed by atoms with van der Waals surface area (Å²) in [4.78, 5) is 0.220. The fourth-order valence-electron chi connectivity index (χ4n) is 2.24. The molecule has 0 spiro atoms. The van der Waals surface area contributed by atoms with E-state index in [9.17, 15) is 8.42 Å². The predicted octanol–water partition coefficient (Wildman–Crippen LogP) is 2.33. The number of aliphatic hydroxyl groups is 1. The minimum Gasteiger partial charge on any atom is -0.394 e. The molecule has 2 rings (SSSR count). The van der Waals surface area contributed by atoms with Gasteiger partial charge in [0.25, 0.3) is 0 Å². The van der Waals surface area contributed by atoms with E-state index in [1.165, 1.54) is 0 Å². The van der Waals surface area contributed by atoms with Crippen LogP contribution in [0.2, 0.25) is 0 Å². The second kappa shape index (κ2) is 8.39. The molecule has 0 radical (unpaired) electrons. The molecule has 1 atom stereocenters. The summed E-state index contributed by atoms with van der Waals surface area (Å²) < 4.78 is 33.0. The predicted molar refractivity (Wildman–Crippen MR) is 93.3 cm³/mol. The third kappa shape index (κ3) is 5.14. The monoisotopic (exact) mass is 349 g/mol. The van der Waals surface area contributed by atoms with Gasteiger partial charge < -0.3 is 9.84 Å². The fourth-order valence-corrected chi connectivity index (χ4v) is 3.27. The highest BCUT2D eigenvalue weighted by Crippen LogP contribution is 2.18. The van der Waals surface area contributed by atoms with Crippen molar-refractivity contribution in [3.8, 4) is 0 Å². The average molecular weight is 349 g/mol. The van der Waals surface area contributed by atoms with E-state index in [1.807, 2.05) is 38.1 Å². The van der Waals surface area contributed by atoms with Crippen LogP contribution in [0.4, 0.5) is 0 Å². The van der Waals surface area contributed by atoms with E-state index in [0.29, 0.717) is 0 Å². The van der Waals surface area contributed by atoms with Crippen molar-refractivity contribution in [1.82, 2.24) is 4.72 Å². The lowest BCUT2D eigenvalue weighted by Crippen LogP contribution is -2.30. The molecule has 0 aromatic heterocycles. The van der Waals surface area contributed by atoms with Gasteiger partial charge in [0.2, 0.25) is 10.0 Å². The lowest BCUT2D eigenvalue weighted by Gasteiger charge is -2.19. The molecule has 0 aliphatic heterocycles. The second-order valence-electron chi connectivity index (χ2n) is 5.66. The molecule has 0 saturated heterocycles. The minimum atomic E-state index is -3.61. The lowest BCUT2D eigenvalue weighted by molar-refractivity contribution is 0.0309. The SMILES string of the molecule is Cc1ccc(C(CNS(=O)(=O)c2ccc(C)cc2)OCCO)cc1. The second-order valence-corrected chi connectivity index (χ2v) is 7.43. The van der Waals surface area contributed by atoms with Crippen LogP contribution in [0.1, 0.15) is 22.8 Å². The Balaban J connectivity index is 2.11. The number of benzene rings is 2. The van der Waals surface area contributed by atoms with Gasteiger partial charge in [-0.2, -0.15) is 0 Å². The molecular formula is C18H23NO4S. The smallest absolute Gasteiger partial charge is 0.240 e. The molecule has 1 unspecified atom stereocenters. The number of ether oxygens (including phenoxy) is 1. The van der Waals surface area contributed by atoms with Crippen LogP contribution in [-0.4, -0.2) is 33.3 Å². The van der Waals surface area contributed by atoms with Crippen LogP contribution in [0, 0.1) is 13.8 Å². The van der Waals surface area contributed by atoms with Crippen molar-refractivity contribution < 1.29 is 18.3 Å². The van der Waals surface area contributed by atoms with Gasteiger partial charge in [0, 0.05) is 6.54 Å². The highest BCUT2D eigenvalue weighted by Gasteiger charge is 2.18. The molecule has 130 valence electrons. The third-order valence-electron chi connectivity index (χ3n) is 3.65. The first-order valence-corrected chi connectivity index (χ1v) is 9.26. The van der Waals surface area contributed by atoms with Crippen LogP contribution >= 0.6 is 0 Å². The van der Waals surface area contributed by atoms with Crippen molar-refractivity contribution in [3.63, 3.8) is 0 Å². The van der Waals surface area contributed by atoms with E-state index in [1.54, 1.807) is 24.3 Å². The molecule has 0 saturated carbocycles. The van der Waals surface area contributed by atoms with Gasteiger partial charge in [-0.3, -0.25) is 0 Å². The molecule has 0 amide bonds. The molecule has 2 aromatic rings. The van der Waals surface area contributed by atoms with E-state index < -0.39 is 16.1 Å². The lowest BCUT2D eigenvalue weighted by atomic mass is 10.1. The zero-order valence-corrected chi connectivity index (χ0v) is 14.7. The maximum Gasteiger partial charge on any atom is 0.240 e. The summed E-state index contributed by atoms with van der Waals surface area (Å²) in [6.45, 7) is 4.00. The molecule has 0 bridgehead atoms. The van der Waals surface area contributed by atoms with Crippen molar-refractivity contribution in [1.29, 1.82) is 0 Å². The summed E-state index contributed by atoms with van der Waals surface area (Å²) in [7, 11) is -3.61. The summed E-state index contributed by atoms with van der Waals surface area (Å²) in [6, 6.07) is 14.4. The minimum absolute atomic E-state index is 0.0965. The Morgan fingerprint density at radius 1 is 1.00 bits per heavy atom. The number of sulfonamides is 1. The van der Waals surface area contributed by atoms with Gasteiger partial charge in [0.05, 0.1) is 24.2 Å². The summed E-state index contributed by atoms with van der Waals surface area (Å²) in [5.74, 6) is 0. The standard InChI is InChI=1S/C18H23NO4S/c1-14-3-7-16(8-4-14)18(23-12-11-20)13-19-24(21,22)17-9-5-15(2)6-10-17/h3-10,18-20H,11-13H2,1-2H3. The van der Waals surface area contributed by atoms with Crippen LogP contribution in [0.25, 0.3) is 0 Å². The number of aliphatic hydroxyl groups excluding tert-OH is 1. The first-order valence-electron chi connectivity index (χ1n) is 7.78. The number of hydrogen-bond acceptors (Lipinski definition) is 4. The summed E-state index contributed by atoms with van der Waals surface area (Å²) in [6.07, 6.45) is -0.460. The summed E-state index contributed by atoms with van der Waals surface area (Å²) in [5.41, 5.74) is 2.97. The average Bonchev–Trinajstić information content (AvgIpc) is 2.56. The maximum absolute atomic E-state index is 12.4. The van der Waals surface area contributed by atoms with Gasteiger partial charge >= 0.3 is 0 Å². The van der Waals surface area contributed by atoms with Crippen LogP contribution < -0.4 is 4.72 Å². The van der Waals surface area contributed by atoms with E-state index in [2.05, 4.69) is 4.72 Å². The Kier molecular flexibility index (Phi) is 6.51. The van der Waals surface area contributed by atoms with E-state index in [-0.39, 0.29) is 24.7 Å². The molecule has 2 aromatic carbocycles. The van der Waals surface area contributed by atoms with Crippen molar-refractivity contribution in [3.05, 3.63) is 65.2 Å². The van der Waals surface area contributed by atoms with E-state index in [0.717, 1.165) is 16.7 Å². The number of rotatable bonds is 8. The quantitative estimate of drug-likeness (QED) is 0.767. The Hall–Kier alpha value is -1.73. The number of aryl methyl sites for hydroxylation is 2. The normalized spacial score (nSPS) is 13.0. The zero-order valence-electron chi connectivity index (χ0n) is 13.9. The molecule has 0 fully saturated rings. The zero-order chi connectivity index (χ0) is 17.6. The van der Waals surface area contributed by atoms with Gasteiger partial charge in [-0.25, -0.2) is 13.1 Å². The topological polar surface area (TPSA) is 75.6 Å². The largest absolute Gasteiger partial charge is 0.394 e.